The highest BCUT2D eigenvalue weighted by molar-refractivity contribution is 8.00. The number of aromatic carboxylic acids is 2. The quantitative estimate of drug-likeness (QED) is 0.0568. The summed E-state index contributed by atoms with van der Waals surface area (Å²) in [5, 5.41) is 42.5. The van der Waals surface area contributed by atoms with E-state index >= 15 is 0 Å². The van der Waals surface area contributed by atoms with Crippen LogP contribution in [-0.2, 0) is 16.0 Å². The molecule has 0 radical (unpaired) electrons. The first-order valence-corrected chi connectivity index (χ1v) is 17.6. The number of aryl methyl sites for hydroxylation is 1. The molecule has 3 aliphatic heterocycles. The van der Waals surface area contributed by atoms with Gasteiger partial charge in [0, 0.05) is 65.6 Å². The number of phenolic OH excluding ortho intramolecular Hbond substituents is 1. The van der Waals surface area contributed by atoms with Crippen molar-refractivity contribution in [2.75, 3.05) is 18.8 Å². The fourth-order valence-electron chi connectivity index (χ4n) is 6.62. The molecule has 4 aliphatic rings. The molecule has 15 heteroatoms. The van der Waals surface area contributed by atoms with Gasteiger partial charge < -0.3 is 41.0 Å². The first-order chi connectivity index (χ1) is 24.5. The lowest BCUT2D eigenvalue weighted by molar-refractivity contribution is -0.122. The van der Waals surface area contributed by atoms with E-state index in [1.807, 2.05) is 11.8 Å². The van der Waals surface area contributed by atoms with Crippen LogP contribution in [0.1, 0.15) is 58.4 Å². The molecular weight excluding hydrogens is 680 g/mol. The van der Waals surface area contributed by atoms with E-state index in [9.17, 15) is 44.1 Å². The zero-order valence-electron chi connectivity index (χ0n) is 27.3. The van der Waals surface area contributed by atoms with Crippen LogP contribution in [0.25, 0.3) is 33.4 Å². The second kappa shape index (κ2) is 15.1. The number of rotatable bonds is 14. The molecule has 7 N–H and O–H groups in total. The van der Waals surface area contributed by atoms with Crippen LogP contribution >= 0.6 is 11.8 Å². The number of phenols is 1. The molecule has 4 amide bonds. The van der Waals surface area contributed by atoms with E-state index in [1.54, 1.807) is 6.07 Å². The first-order valence-electron chi connectivity index (χ1n) is 16.5. The van der Waals surface area contributed by atoms with Crippen LogP contribution in [0, 0.1) is 0 Å². The maximum absolute atomic E-state index is 12.7. The molecule has 2 fully saturated rings. The maximum atomic E-state index is 12.7. The summed E-state index contributed by atoms with van der Waals surface area (Å²) in [6.45, 7) is 0.463. The molecule has 2 aromatic rings. The number of carbonyl (C=O) groups is 5. The first kappa shape index (κ1) is 35.3. The minimum atomic E-state index is -1.36. The molecule has 0 unspecified atom stereocenters. The molecular formula is C36H36N4O10S. The summed E-state index contributed by atoms with van der Waals surface area (Å²) in [6.07, 6.45) is 2.98. The average molecular weight is 717 g/mol. The van der Waals surface area contributed by atoms with Crippen LogP contribution in [0.15, 0.2) is 57.7 Å². The van der Waals surface area contributed by atoms with Crippen molar-refractivity contribution in [3.63, 3.8) is 0 Å². The number of carboxylic acid groups (broad SMARTS) is 2. The lowest BCUT2D eigenvalue weighted by Gasteiger charge is -2.18. The molecule has 6 rings (SSSR count). The largest absolute Gasteiger partial charge is 0.508 e. The number of urea groups is 1. The Labute approximate surface area is 295 Å². The Bertz CT molecular complexity index is 2060. The fourth-order valence-corrected chi connectivity index (χ4v) is 8.16. The third-order valence-electron chi connectivity index (χ3n) is 9.13. The van der Waals surface area contributed by atoms with Crippen molar-refractivity contribution in [3.05, 3.63) is 75.4 Å². The smallest absolute Gasteiger partial charge is 0.336 e. The highest BCUT2D eigenvalue weighted by atomic mass is 32.2. The number of benzene rings is 3. The van der Waals surface area contributed by atoms with Crippen LogP contribution in [-0.4, -0.2) is 81.3 Å². The third-order valence-corrected chi connectivity index (χ3v) is 10.6. The van der Waals surface area contributed by atoms with E-state index in [0.717, 1.165) is 31.1 Å². The van der Waals surface area contributed by atoms with Crippen molar-refractivity contribution in [1.29, 1.82) is 0 Å². The number of aromatic hydroxyl groups is 1. The summed E-state index contributed by atoms with van der Waals surface area (Å²) >= 11 is 1.84. The van der Waals surface area contributed by atoms with E-state index in [0.29, 0.717) is 33.7 Å². The molecule has 266 valence electrons. The Balaban J connectivity index is 1.06. The van der Waals surface area contributed by atoms with Crippen LogP contribution in [0.3, 0.4) is 0 Å². The van der Waals surface area contributed by atoms with Gasteiger partial charge in [0.05, 0.1) is 23.2 Å². The Kier molecular flexibility index (Phi) is 10.5. The van der Waals surface area contributed by atoms with Gasteiger partial charge in [-0.2, -0.15) is 11.8 Å². The number of thioether (sulfide) groups is 1. The number of unbranched alkanes of at least 4 members (excludes halogenated alkanes) is 1. The van der Waals surface area contributed by atoms with Crippen molar-refractivity contribution in [3.8, 4) is 28.2 Å². The maximum Gasteiger partial charge on any atom is 0.336 e. The van der Waals surface area contributed by atoms with Crippen molar-refractivity contribution in [2.24, 2.45) is 0 Å². The van der Waals surface area contributed by atoms with Gasteiger partial charge in [-0.05, 0) is 60.7 Å². The molecule has 0 saturated carbocycles. The van der Waals surface area contributed by atoms with E-state index in [2.05, 4.69) is 21.3 Å². The second-order valence-corrected chi connectivity index (χ2v) is 13.8. The van der Waals surface area contributed by atoms with Crippen molar-refractivity contribution in [2.45, 2.75) is 55.9 Å². The number of hydrogen-bond acceptors (Lipinski definition) is 9. The minimum Gasteiger partial charge on any atom is -0.508 e. The van der Waals surface area contributed by atoms with Gasteiger partial charge in [0.1, 0.15) is 17.1 Å². The number of hydrogen-bond donors (Lipinski definition) is 7. The summed E-state index contributed by atoms with van der Waals surface area (Å²) in [5.41, 5.74) is 0.594. The Hall–Kier alpha value is -5.57. The number of carboxylic acids is 2. The van der Waals surface area contributed by atoms with Crippen molar-refractivity contribution in [1.82, 2.24) is 21.3 Å². The molecule has 51 heavy (non-hydrogen) atoms. The summed E-state index contributed by atoms with van der Waals surface area (Å²) in [7, 11) is 0. The van der Waals surface area contributed by atoms with Crippen molar-refractivity contribution >= 4 is 52.5 Å². The highest BCUT2D eigenvalue weighted by Gasteiger charge is 2.42. The molecule has 0 bridgehead atoms. The van der Waals surface area contributed by atoms with Gasteiger partial charge in [0.2, 0.25) is 11.8 Å². The zero-order chi connectivity index (χ0) is 36.2. The molecule has 0 aromatic heterocycles. The zero-order valence-corrected chi connectivity index (χ0v) is 28.1. The topological polar surface area (TPSA) is 224 Å². The minimum absolute atomic E-state index is 0.00268. The number of carbonyl (C=O) groups excluding carboxylic acids is 3. The lowest BCUT2D eigenvalue weighted by Crippen LogP contribution is -2.36. The number of amides is 4. The molecule has 2 aromatic carbocycles. The molecule has 1 aliphatic carbocycles. The monoisotopic (exact) mass is 716 g/mol. The lowest BCUT2D eigenvalue weighted by atomic mass is 9.89. The summed E-state index contributed by atoms with van der Waals surface area (Å²) in [5.74, 6) is -2.22. The highest BCUT2D eigenvalue weighted by Crippen LogP contribution is 2.43. The molecule has 3 atom stereocenters. The van der Waals surface area contributed by atoms with Gasteiger partial charge in [0.25, 0.3) is 0 Å². The Morgan fingerprint density at radius 2 is 1.61 bits per heavy atom. The molecule has 2 saturated heterocycles. The van der Waals surface area contributed by atoms with Crippen LogP contribution in [0.2, 0.25) is 0 Å². The van der Waals surface area contributed by atoms with Gasteiger partial charge in [-0.1, -0.05) is 12.5 Å². The summed E-state index contributed by atoms with van der Waals surface area (Å²) in [4.78, 5) is 72.5. The van der Waals surface area contributed by atoms with E-state index < -0.39 is 11.9 Å². The molecule has 0 spiro atoms. The van der Waals surface area contributed by atoms with Gasteiger partial charge in [-0.25, -0.2) is 14.4 Å². The predicted molar refractivity (Wildman–Crippen MR) is 188 cm³/mol. The van der Waals surface area contributed by atoms with Crippen molar-refractivity contribution < 1.29 is 43.7 Å². The molecule has 3 heterocycles. The fraction of sp³-hybridized carbons (Fsp3) is 0.333. The van der Waals surface area contributed by atoms with Crippen LogP contribution in [0.5, 0.6) is 5.75 Å². The normalized spacial score (nSPS) is 17.9. The van der Waals surface area contributed by atoms with Gasteiger partial charge in [0.15, 0.2) is 5.43 Å². The number of fused-ring (bicyclic) bond motifs is 3. The second-order valence-electron chi connectivity index (χ2n) is 12.6. The van der Waals surface area contributed by atoms with Crippen LogP contribution in [0.4, 0.5) is 4.79 Å². The number of nitrogens with one attached hydrogen (secondary N) is 4. The van der Waals surface area contributed by atoms with Gasteiger partial charge in [-0.15, -0.1) is 0 Å². The van der Waals surface area contributed by atoms with Crippen LogP contribution < -0.4 is 26.7 Å². The van der Waals surface area contributed by atoms with Gasteiger partial charge in [-0.3, -0.25) is 14.4 Å². The molecule has 14 nitrogen and oxygen atoms in total. The summed E-state index contributed by atoms with van der Waals surface area (Å²) < 4.78 is 5.94. The SMILES string of the molecule is O=C(CCCC[C@@H]1SC[C@@H]2NC(=O)N[C@@H]21)NCCNC(=O)CCc1cc2c(-c3ccc(C(=O)O)cc3C(=O)O)c3ccc(=O)cc-3oc2cc1O. The third kappa shape index (κ3) is 7.93. The van der Waals surface area contributed by atoms with E-state index in [4.69, 9.17) is 4.42 Å². The van der Waals surface area contributed by atoms with E-state index in [1.165, 1.54) is 36.4 Å². The average Bonchev–Trinajstić information content (AvgIpc) is 3.65. The van der Waals surface area contributed by atoms with E-state index in [-0.39, 0.29) is 95.1 Å². The standard InChI is InChI=1S/C36H36N4O10S/c41-20-7-9-22-27(15-20)50-28-16-26(42)18(13-24(28)32(22)21-8-5-19(34(45)46)14-23(21)35(47)48)6-10-31(44)38-12-11-37-30(43)4-2-1-3-29-33-25(17-51-29)39-36(49)40-33/h5,7-9,13-16,25,29,33,42H,1-4,6,10-12,17H2,(H,37,43)(H,38,44)(H,45,46)(H,47,48)(H2,39,40,49)/t25-,29-,33-/m0/s1. The Morgan fingerprint density at radius 3 is 2.35 bits per heavy atom. The van der Waals surface area contributed by atoms with Gasteiger partial charge >= 0.3 is 18.0 Å². The summed E-state index contributed by atoms with van der Waals surface area (Å²) in [6, 6.07) is 10.9. The Morgan fingerprint density at radius 1 is 0.863 bits per heavy atom. The predicted octanol–water partition coefficient (Wildman–Crippen LogP) is 3.56.